The fraction of sp³-hybridized carbons (Fsp3) is 0.618. The number of hydrogen-bond donors (Lipinski definition) is 2. The Morgan fingerprint density at radius 1 is 1.04 bits per heavy atom. The number of nitrogens with one attached hydrogen (secondary N) is 2. The number of aryl methyl sites for hydroxylation is 1. The van der Waals surface area contributed by atoms with Gasteiger partial charge in [0.25, 0.3) is 0 Å². The van der Waals surface area contributed by atoms with Gasteiger partial charge in [0.05, 0.1) is 44.6 Å². The van der Waals surface area contributed by atoms with Gasteiger partial charge in [-0.3, -0.25) is 24.1 Å². The molecule has 2 aliphatic heterocycles. The zero-order valence-corrected chi connectivity index (χ0v) is 27.0. The normalized spacial score (nSPS) is 22.1. The highest BCUT2D eigenvalue weighted by molar-refractivity contribution is 5.99. The first-order valence-corrected chi connectivity index (χ1v) is 16.3. The summed E-state index contributed by atoms with van der Waals surface area (Å²) in [7, 11) is 1.58. The van der Waals surface area contributed by atoms with Crippen LogP contribution < -0.4 is 15.4 Å². The van der Waals surface area contributed by atoms with Crippen LogP contribution in [0.1, 0.15) is 67.3 Å². The first kappa shape index (κ1) is 33.7. The maximum atomic E-state index is 14.0. The number of amides is 2. The molecular weight excluding hydrogens is 592 g/mol. The minimum absolute atomic E-state index is 0.0915. The van der Waals surface area contributed by atoms with E-state index < -0.39 is 35.4 Å². The standard InChI is InChI=1S/C34H46N4O8/c1-22-16-30(46-37-22)29(39)19-25(20-38-12-14-44-15-13-38)32(41)36-28(18-24-8-10-26(43-3)11-9-24)33(42)35-27(17-23-6-4-5-7-23)31(40)34(2)21-45-34/h8-11,16,23,25,27-28H,4-7,12-15,17-21H2,1-3H3,(H,35,42)(H,36,41). The smallest absolute Gasteiger partial charge is 0.243 e. The van der Waals surface area contributed by atoms with Crippen LogP contribution in [0.4, 0.5) is 0 Å². The Labute approximate surface area is 269 Å². The van der Waals surface area contributed by atoms with Crippen LogP contribution in [0.5, 0.6) is 5.75 Å². The van der Waals surface area contributed by atoms with Crippen LogP contribution in [0.25, 0.3) is 0 Å². The molecule has 0 spiro atoms. The predicted octanol–water partition coefficient (Wildman–Crippen LogP) is 2.66. The van der Waals surface area contributed by atoms with Crippen LogP contribution in [0, 0.1) is 18.8 Å². The van der Waals surface area contributed by atoms with E-state index >= 15 is 0 Å². The minimum Gasteiger partial charge on any atom is -0.497 e. The maximum absolute atomic E-state index is 14.0. The van der Waals surface area contributed by atoms with Crippen molar-refractivity contribution >= 4 is 23.4 Å². The van der Waals surface area contributed by atoms with Crippen LogP contribution in [-0.4, -0.2) is 97.7 Å². The van der Waals surface area contributed by atoms with E-state index in [4.69, 9.17) is 18.7 Å². The second kappa shape index (κ2) is 15.3. The number of carbonyl (C=O) groups is 4. The summed E-state index contributed by atoms with van der Waals surface area (Å²) in [6.45, 7) is 6.43. The average Bonchev–Trinajstić information content (AvgIpc) is 3.38. The molecule has 1 aliphatic carbocycles. The molecule has 250 valence electrons. The van der Waals surface area contributed by atoms with Crippen molar-refractivity contribution < 1.29 is 37.9 Å². The van der Waals surface area contributed by atoms with Crippen molar-refractivity contribution in [2.75, 3.05) is 46.6 Å². The summed E-state index contributed by atoms with van der Waals surface area (Å²) in [6.07, 6.45) is 4.86. The third-order valence-electron chi connectivity index (χ3n) is 9.29. The number of morpholine rings is 1. The Balaban J connectivity index is 1.36. The fourth-order valence-corrected chi connectivity index (χ4v) is 6.35. The van der Waals surface area contributed by atoms with Crippen LogP contribution >= 0.6 is 0 Å². The van der Waals surface area contributed by atoms with E-state index in [9.17, 15) is 19.2 Å². The number of ketones is 2. The molecule has 0 bridgehead atoms. The summed E-state index contributed by atoms with van der Waals surface area (Å²) in [5, 5.41) is 9.77. The Hall–Kier alpha value is -3.61. The lowest BCUT2D eigenvalue weighted by molar-refractivity contribution is -0.134. The number of rotatable bonds is 16. The summed E-state index contributed by atoms with van der Waals surface area (Å²) < 4.78 is 21.4. The van der Waals surface area contributed by atoms with Gasteiger partial charge in [-0.25, -0.2) is 0 Å². The molecule has 5 rings (SSSR count). The largest absolute Gasteiger partial charge is 0.497 e. The number of Topliss-reactive ketones (excluding diaryl/α,β-unsaturated/α-hetero) is 2. The average molecular weight is 639 g/mol. The fourth-order valence-electron chi connectivity index (χ4n) is 6.35. The zero-order valence-electron chi connectivity index (χ0n) is 27.0. The number of aromatic nitrogens is 1. The summed E-state index contributed by atoms with van der Waals surface area (Å²) in [5.41, 5.74) is 0.477. The van der Waals surface area contributed by atoms with Gasteiger partial charge in [-0.05, 0) is 43.9 Å². The Bertz CT molecular complexity index is 1360. The molecule has 12 nitrogen and oxygen atoms in total. The molecule has 46 heavy (non-hydrogen) atoms. The van der Waals surface area contributed by atoms with E-state index in [-0.39, 0.29) is 30.2 Å². The van der Waals surface area contributed by atoms with Crippen LogP contribution in [0.15, 0.2) is 34.9 Å². The third-order valence-corrected chi connectivity index (χ3v) is 9.29. The quantitative estimate of drug-likeness (QED) is 0.207. The highest BCUT2D eigenvalue weighted by atomic mass is 16.6. The molecular formula is C34H46N4O8. The summed E-state index contributed by atoms with van der Waals surface area (Å²) in [5.74, 6) is -1.03. The van der Waals surface area contributed by atoms with Crippen LogP contribution in [0.2, 0.25) is 0 Å². The lowest BCUT2D eigenvalue weighted by Gasteiger charge is -2.31. The third kappa shape index (κ3) is 9.01. The maximum Gasteiger partial charge on any atom is 0.243 e. The molecule has 2 aromatic rings. The monoisotopic (exact) mass is 638 g/mol. The van der Waals surface area contributed by atoms with Gasteiger partial charge in [0.2, 0.25) is 23.4 Å². The molecule has 3 heterocycles. The van der Waals surface area contributed by atoms with Crippen molar-refractivity contribution in [2.45, 2.75) is 76.5 Å². The van der Waals surface area contributed by atoms with E-state index in [0.29, 0.717) is 63.2 Å². The second-order valence-corrected chi connectivity index (χ2v) is 13.0. The molecule has 1 aromatic heterocycles. The first-order valence-electron chi connectivity index (χ1n) is 16.3. The molecule has 4 atom stereocenters. The molecule has 1 aromatic carbocycles. The van der Waals surface area contributed by atoms with Gasteiger partial charge in [-0.1, -0.05) is 43.0 Å². The van der Waals surface area contributed by atoms with Gasteiger partial charge in [0.15, 0.2) is 5.78 Å². The van der Waals surface area contributed by atoms with Crippen LogP contribution in [0.3, 0.4) is 0 Å². The second-order valence-electron chi connectivity index (χ2n) is 13.0. The predicted molar refractivity (Wildman–Crippen MR) is 167 cm³/mol. The number of methoxy groups -OCH3 is 1. The highest BCUT2D eigenvalue weighted by Crippen LogP contribution is 2.33. The van der Waals surface area contributed by atoms with Crippen molar-refractivity contribution in [3.63, 3.8) is 0 Å². The van der Waals surface area contributed by atoms with Crippen molar-refractivity contribution in [1.82, 2.24) is 20.7 Å². The number of epoxide rings is 1. The van der Waals surface area contributed by atoms with Gasteiger partial charge in [0, 0.05) is 38.5 Å². The SMILES string of the molecule is COc1ccc(CC(NC(=O)C(CC(=O)c2cc(C)no2)CN2CCOCC2)C(=O)NC(CC2CCCC2)C(=O)C2(C)CO2)cc1. The summed E-state index contributed by atoms with van der Waals surface area (Å²) in [4.78, 5) is 56.8. The molecule has 3 aliphatic rings. The first-order chi connectivity index (χ1) is 22.1. The van der Waals surface area contributed by atoms with Crippen molar-refractivity contribution in [1.29, 1.82) is 0 Å². The topological polar surface area (TPSA) is 153 Å². The Morgan fingerprint density at radius 3 is 2.33 bits per heavy atom. The van der Waals surface area contributed by atoms with Gasteiger partial charge in [-0.15, -0.1) is 0 Å². The highest BCUT2D eigenvalue weighted by Gasteiger charge is 2.50. The Kier molecular flexibility index (Phi) is 11.2. The van der Waals surface area contributed by atoms with Gasteiger partial charge >= 0.3 is 0 Å². The zero-order chi connectivity index (χ0) is 32.7. The van der Waals surface area contributed by atoms with E-state index in [1.54, 1.807) is 39.2 Å². The number of ether oxygens (including phenoxy) is 3. The van der Waals surface area contributed by atoms with E-state index in [0.717, 1.165) is 31.2 Å². The van der Waals surface area contributed by atoms with Gasteiger partial charge < -0.3 is 29.4 Å². The molecule has 12 heteroatoms. The lowest BCUT2D eigenvalue weighted by Crippen LogP contribution is -2.56. The van der Waals surface area contributed by atoms with Crippen molar-refractivity contribution in [2.24, 2.45) is 11.8 Å². The number of benzene rings is 1. The number of nitrogens with zero attached hydrogens (tertiary/aromatic N) is 2. The molecule has 2 N–H and O–H groups in total. The Morgan fingerprint density at radius 2 is 1.72 bits per heavy atom. The molecule has 2 amide bonds. The molecule has 4 unspecified atom stereocenters. The number of hydrogen-bond acceptors (Lipinski definition) is 10. The molecule has 0 radical (unpaired) electrons. The van der Waals surface area contributed by atoms with E-state index in [2.05, 4.69) is 20.7 Å². The van der Waals surface area contributed by atoms with E-state index in [1.807, 2.05) is 12.1 Å². The van der Waals surface area contributed by atoms with Gasteiger partial charge in [-0.2, -0.15) is 0 Å². The summed E-state index contributed by atoms with van der Waals surface area (Å²) >= 11 is 0. The van der Waals surface area contributed by atoms with Crippen LogP contribution in [-0.2, 0) is 30.3 Å². The van der Waals surface area contributed by atoms with Crippen molar-refractivity contribution in [3.8, 4) is 5.75 Å². The molecule has 2 saturated heterocycles. The molecule has 1 saturated carbocycles. The lowest BCUT2D eigenvalue weighted by atomic mass is 9.90. The summed E-state index contributed by atoms with van der Waals surface area (Å²) in [6, 6.07) is 7.10. The molecule has 3 fully saturated rings. The van der Waals surface area contributed by atoms with E-state index in [1.165, 1.54) is 0 Å². The number of carbonyl (C=O) groups excluding carboxylic acids is 4. The van der Waals surface area contributed by atoms with Gasteiger partial charge in [0.1, 0.15) is 17.4 Å². The minimum atomic E-state index is -0.998. The van der Waals surface area contributed by atoms with Crippen molar-refractivity contribution in [3.05, 3.63) is 47.3 Å².